The van der Waals surface area contributed by atoms with Gasteiger partial charge in [0, 0.05) is 5.69 Å². The van der Waals surface area contributed by atoms with Crippen molar-refractivity contribution in [1.82, 2.24) is 4.90 Å². The highest BCUT2D eigenvalue weighted by Gasteiger charge is 2.36. The van der Waals surface area contributed by atoms with E-state index in [9.17, 15) is 27.6 Å². The zero-order chi connectivity index (χ0) is 21.2. The van der Waals surface area contributed by atoms with Crippen LogP contribution in [-0.4, -0.2) is 28.5 Å². The summed E-state index contributed by atoms with van der Waals surface area (Å²) in [6.07, 6.45) is -3.31. The molecule has 1 fully saturated rings. The molecule has 0 aliphatic carbocycles. The first-order chi connectivity index (χ1) is 13.6. The first-order valence-electron chi connectivity index (χ1n) is 8.42. The number of hydrogen-bond donors (Lipinski definition) is 1. The van der Waals surface area contributed by atoms with E-state index in [2.05, 4.69) is 5.32 Å². The zero-order valence-corrected chi connectivity index (χ0v) is 15.9. The maximum absolute atomic E-state index is 12.8. The number of halogens is 3. The van der Waals surface area contributed by atoms with Crippen molar-refractivity contribution in [3.8, 4) is 0 Å². The number of alkyl halides is 3. The van der Waals surface area contributed by atoms with E-state index >= 15 is 0 Å². The van der Waals surface area contributed by atoms with Crippen molar-refractivity contribution in [1.29, 1.82) is 0 Å². The Balaban J connectivity index is 1.72. The maximum atomic E-state index is 12.8. The summed E-state index contributed by atoms with van der Waals surface area (Å²) in [5, 5.41) is 1.94. The predicted octanol–water partition coefficient (Wildman–Crippen LogP) is 4.69. The number of nitrogens with one attached hydrogen (secondary N) is 1. The van der Waals surface area contributed by atoms with Crippen LogP contribution in [0.3, 0.4) is 0 Å². The van der Waals surface area contributed by atoms with Gasteiger partial charge in [0.1, 0.15) is 6.54 Å². The molecule has 0 saturated carbocycles. The average molecular weight is 420 g/mol. The second-order valence-corrected chi connectivity index (χ2v) is 7.30. The molecule has 0 atom stereocenters. The van der Waals surface area contributed by atoms with Crippen LogP contribution in [0.4, 0.5) is 23.7 Å². The van der Waals surface area contributed by atoms with Gasteiger partial charge in [-0.05, 0) is 60.2 Å². The molecule has 150 valence electrons. The molecule has 3 rings (SSSR count). The minimum Gasteiger partial charge on any atom is -0.325 e. The lowest BCUT2D eigenvalue weighted by Gasteiger charge is -2.12. The van der Waals surface area contributed by atoms with Crippen LogP contribution in [0.1, 0.15) is 16.7 Å². The number of anilines is 1. The monoisotopic (exact) mass is 420 g/mol. The van der Waals surface area contributed by atoms with Crippen LogP contribution in [0.5, 0.6) is 0 Å². The summed E-state index contributed by atoms with van der Waals surface area (Å²) in [6, 6.07) is 11.4. The van der Waals surface area contributed by atoms with Crippen molar-refractivity contribution in [2.45, 2.75) is 13.1 Å². The van der Waals surface area contributed by atoms with E-state index in [4.69, 9.17) is 0 Å². The van der Waals surface area contributed by atoms with E-state index in [1.807, 2.05) is 13.0 Å². The number of rotatable bonds is 4. The summed E-state index contributed by atoms with van der Waals surface area (Å²) < 4.78 is 38.5. The topological polar surface area (TPSA) is 66.5 Å². The molecule has 2 aromatic rings. The molecule has 1 N–H and O–H groups in total. The molecule has 1 aliphatic rings. The minimum atomic E-state index is -4.52. The second-order valence-electron chi connectivity index (χ2n) is 6.31. The first kappa shape index (κ1) is 20.7. The molecule has 5 nitrogen and oxygen atoms in total. The van der Waals surface area contributed by atoms with Gasteiger partial charge < -0.3 is 5.32 Å². The highest BCUT2D eigenvalue weighted by Crippen LogP contribution is 2.34. The summed E-state index contributed by atoms with van der Waals surface area (Å²) in [5.74, 6) is -1.28. The molecule has 2 aromatic carbocycles. The Morgan fingerprint density at radius 1 is 1.14 bits per heavy atom. The molecule has 29 heavy (non-hydrogen) atoms. The number of carbonyl (C=O) groups is 3. The number of nitrogens with zero attached hydrogens (tertiary/aromatic N) is 1. The molecule has 0 spiro atoms. The number of carbonyl (C=O) groups excluding carboxylic acids is 3. The van der Waals surface area contributed by atoms with Gasteiger partial charge in [-0.15, -0.1) is 0 Å². The van der Waals surface area contributed by atoms with Gasteiger partial charge in [0.25, 0.3) is 11.1 Å². The number of thioether (sulfide) groups is 1. The van der Waals surface area contributed by atoms with E-state index in [0.29, 0.717) is 17.4 Å². The third kappa shape index (κ3) is 5.05. The third-order valence-electron chi connectivity index (χ3n) is 3.99. The summed E-state index contributed by atoms with van der Waals surface area (Å²) in [7, 11) is 0. The van der Waals surface area contributed by atoms with Gasteiger partial charge in [0.2, 0.25) is 5.91 Å². The maximum Gasteiger partial charge on any atom is 0.416 e. The van der Waals surface area contributed by atoms with Crippen molar-refractivity contribution in [2.75, 3.05) is 11.9 Å². The number of aryl methyl sites for hydroxylation is 1. The van der Waals surface area contributed by atoms with Crippen molar-refractivity contribution < 1.29 is 27.6 Å². The number of hydrogen-bond acceptors (Lipinski definition) is 4. The Labute approximate surface area is 168 Å². The lowest BCUT2D eigenvalue weighted by Crippen LogP contribution is -2.36. The van der Waals surface area contributed by atoms with Gasteiger partial charge in [0.15, 0.2) is 0 Å². The molecule has 0 unspecified atom stereocenters. The first-order valence-corrected chi connectivity index (χ1v) is 9.24. The van der Waals surface area contributed by atoms with Crippen LogP contribution in [0.15, 0.2) is 53.4 Å². The smallest absolute Gasteiger partial charge is 0.325 e. The predicted molar refractivity (Wildman–Crippen MR) is 104 cm³/mol. The Morgan fingerprint density at radius 2 is 1.86 bits per heavy atom. The lowest BCUT2D eigenvalue weighted by molar-refractivity contribution is -0.137. The molecule has 3 amide bonds. The van der Waals surface area contributed by atoms with Crippen LogP contribution in [-0.2, 0) is 15.8 Å². The largest absolute Gasteiger partial charge is 0.416 e. The Bertz CT molecular complexity index is 1020. The summed E-state index contributed by atoms with van der Waals surface area (Å²) >= 11 is 0.578. The molecule has 9 heteroatoms. The van der Waals surface area contributed by atoms with Gasteiger partial charge in [-0.25, -0.2) is 0 Å². The van der Waals surface area contributed by atoms with Crippen molar-refractivity contribution >= 4 is 40.6 Å². The Morgan fingerprint density at radius 3 is 2.55 bits per heavy atom. The summed E-state index contributed by atoms with van der Waals surface area (Å²) in [6.45, 7) is 1.36. The average Bonchev–Trinajstić information content (AvgIpc) is 2.89. The SMILES string of the molecule is Cc1cccc(NC(=O)CN2C(=O)S/C(=C\c3cccc(C(F)(F)F)c3)C2=O)c1. The summed E-state index contributed by atoms with van der Waals surface area (Å²) in [5.41, 5.74) is 0.733. The number of amides is 3. The van der Waals surface area contributed by atoms with E-state index in [1.165, 1.54) is 18.2 Å². The van der Waals surface area contributed by atoms with E-state index in [-0.39, 0.29) is 10.5 Å². The molecular formula is C20H15F3N2O3S. The Kier molecular flexibility index (Phi) is 5.78. The fraction of sp³-hybridized carbons (Fsp3) is 0.150. The third-order valence-corrected chi connectivity index (χ3v) is 4.90. The molecule has 1 saturated heterocycles. The minimum absolute atomic E-state index is 0.0438. The Hall–Kier alpha value is -3.07. The van der Waals surface area contributed by atoms with E-state index in [1.54, 1.807) is 18.2 Å². The van der Waals surface area contributed by atoms with Gasteiger partial charge in [-0.2, -0.15) is 13.2 Å². The van der Waals surface area contributed by atoms with Gasteiger partial charge in [0.05, 0.1) is 10.5 Å². The molecule has 1 heterocycles. The normalized spacial score (nSPS) is 15.9. The number of imide groups is 1. The molecule has 1 aliphatic heterocycles. The highest BCUT2D eigenvalue weighted by molar-refractivity contribution is 8.18. The van der Waals surface area contributed by atoms with Gasteiger partial charge in [-0.1, -0.05) is 24.3 Å². The highest BCUT2D eigenvalue weighted by atomic mass is 32.2. The van der Waals surface area contributed by atoms with E-state index in [0.717, 1.165) is 22.6 Å². The van der Waals surface area contributed by atoms with Crippen molar-refractivity contribution in [2.24, 2.45) is 0 Å². The molecule has 0 bridgehead atoms. The molecule has 0 aromatic heterocycles. The molecular weight excluding hydrogens is 405 g/mol. The van der Waals surface area contributed by atoms with Crippen LogP contribution in [0.25, 0.3) is 6.08 Å². The lowest BCUT2D eigenvalue weighted by atomic mass is 10.1. The fourth-order valence-corrected chi connectivity index (χ4v) is 3.50. The van der Waals surface area contributed by atoms with Crippen molar-refractivity contribution in [3.63, 3.8) is 0 Å². The van der Waals surface area contributed by atoms with E-state index < -0.39 is 35.3 Å². The number of benzene rings is 2. The summed E-state index contributed by atoms with van der Waals surface area (Å²) in [4.78, 5) is 37.5. The van der Waals surface area contributed by atoms with Gasteiger partial charge >= 0.3 is 6.18 Å². The van der Waals surface area contributed by atoms with Gasteiger partial charge in [-0.3, -0.25) is 19.3 Å². The van der Waals surface area contributed by atoms with Crippen molar-refractivity contribution in [3.05, 3.63) is 70.1 Å². The second kappa shape index (κ2) is 8.12. The molecule has 0 radical (unpaired) electrons. The quantitative estimate of drug-likeness (QED) is 0.729. The fourth-order valence-electron chi connectivity index (χ4n) is 2.66. The van der Waals surface area contributed by atoms with Crippen LogP contribution in [0, 0.1) is 6.92 Å². The zero-order valence-electron chi connectivity index (χ0n) is 15.1. The van der Waals surface area contributed by atoms with Crippen LogP contribution in [0.2, 0.25) is 0 Å². The van der Waals surface area contributed by atoms with Crippen LogP contribution >= 0.6 is 11.8 Å². The standard InChI is InChI=1S/C20H15F3N2O3S/c1-12-4-2-7-15(8-12)24-17(26)11-25-18(27)16(29-19(25)28)10-13-5-3-6-14(9-13)20(21,22)23/h2-10H,11H2,1H3,(H,24,26)/b16-10-. The van der Waals surface area contributed by atoms with Crippen LogP contribution < -0.4 is 5.32 Å².